The van der Waals surface area contributed by atoms with Gasteiger partial charge in [-0.25, -0.2) is 0 Å². The number of allylic oxidation sites excluding steroid dienone is 1. The summed E-state index contributed by atoms with van der Waals surface area (Å²) in [5.74, 6) is 2.13. The van der Waals surface area contributed by atoms with Gasteiger partial charge in [0.1, 0.15) is 0 Å². The van der Waals surface area contributed by atoms with Crippen molar-refractivity contribution >= 4 is 0 Å². The molecule has 178 valence electrons. The zero-order valence-electron chi connectivity index (χ0n) is 20.3. The van der Waals surface area contributed by atoms with Gasteiger partial charge in [-0.2, -0.15) is 5.48 Å². The highest BCUT2D eigenvalue weighted by molar-refractivity contribution is 5.19. The van der Waals surface area contributed by atoms with Crippen molar-refractivity contribution in [2.45, 2.75) is 83.3 Å². The molecule has 0 radical (unpaired) electrons. The van der Waals surface area contributed by atoms with Crippen molar-refractivity contribution in [3.05, 3.63) is 12.2 Å². The van der Waals surface area contributed by atoms with E-state index in [9.17, 15) is 10.2 Å². The molecule has 0 aliphatic heterocycles. The van der Waals surface area contributed by atoms with Crippen LogP contribution in [0.15, 0.2) is 12.2 Å². The van der Waals surface area contributed by atoms with E-state index in [0.29, 0.717) is 42.2 Å². The molecule has 5 nitrogen and oxygen atoms in total. The minimum atomic E-state index is -0.537. The van der Waals surface area contributed by atoms with Gasteiger partial charge in [0, 0.05) is 18.5 Å². The average molecular weight is 435 g/mol. The number of fused-ring (bicyclic) bond motifs is 5. The Morgan fingerprint density at radius 3 is 2.61 bits per heavy atom. The van der Waals surface area contributed by atoms with E-state index >= 15 is 0 Å². The standard InChI is InChI=1S/C26H46N2O3/c1-24-12-10-21(29)18-20(24)7-8-23-22(24)11-13-25(2)19(9-14-26(23,25)30)6-5-15-27-31-17-16-28(3)4/h5-6,19-23,27,29-30H,7-18H2,1-4H3/t19-,20+,21-,22-,23+,24-,25+,26-/m0/s1. The van der Waals surface area contributed by atoms with Crippen molar-refractivity contribution in [1.82, 2.24) is 10.4 Å². The van der Waals surface area contributed by atoms with Gasteiger partial charge in [0.05, 0.1) is 18.3 Å². The number of likely N-dealkylation sites (N-methyl/N-ethyl adjacent to an activating group) is 1. The molecule has 0 aromatic carbocycles. The number of hydrogen-bond acceptors (Lipinski definition) is 5. The molecule has 0 aromatic rings. The monoisotopic (exact) mass is 434 g/mol. The van der Waals surface area contributed by atoms with E-state index in [1.165, 1.54) is 12.8 Å². The molecule has 3 N–H and O–H groups in total. The van der Waals surface area contributed by atoms with E-state index in [-0.39, 0.29) is 11.5 Å². The molecule has 31 heavy (non-hydrogen) atoms. The number of nitrogens with zero attached hydrogens (tertiary/aromatic N) is 1. The van der Waals surface area contributed by atoms with E-state index in [1.807, 2.05) is 14.1 Å². The zero-order chi connectivity index (χ0) is 22.3. The fraction of sp³-hybridized carbons (Fsp3) is 0.923. The molecule has 4 fully saturated rings. The highest BCUT2D eigenvalue weighted by Gasteiger charge is 2.66. The number of hydrogen-bond donors (Lipinski definition) is 3. The Labute approximate surface area is 189 Å². The second kappa shape index (κ2) is 9.06. The Kier molecular flexibility index (Phi) is 6.92. The van der Waals surface area contributed by atoms with Gasteiger partial charge in [-0.1, -0.05) is 26.0 Å². The topological polar surface area (TPSA) is 65.0 Å². The predicted octanol–water partition coefficient (Wildman–Crippen LogP) is 3.76. The fourth-order valence-electron chi connectivity index (χ4n) is 8.19. The van der Waals surface area contributed by atoms with Crippen LogP contribution in [0.25, 0.3) is 0 Å². The first-order valence-electron chi connectivity index (χ1n) is 12.8. The lowest BCUT2D eigenvalue weighted by Gasteiger charge is -2.63. The molecule has 0 amide bonds. The molecule has 4 aliphatic carbocycles. The molecule has 0 bridgehead atoms. The number of aliphatic hydroxyl groups is 2. The van der Waals surface area contributed by atoms with Crippen LogP contribution in [0, 0.1) is 34.5 Å². The molecular weight excluding hydrogens is 388 g/mol. The third-order valence-corrected chi connectivity index (χ3v) is 10.2. The zero-order valence-corrected chi connectivity index (χ0v) is 20.3. The Balaban J connectivity index is 1.40. The number of rotatable bonds is 7. The van der Waals surface area contributed by atoms with Crippen LogP contribution in [0.1, 0.15) is 71.6 Å². The fourth-order valence-corrected chi connectivity index (χ4v) is 8.19. The van der Waals surface area contributed by atoms with E-state index in [0.717, 1.165) is 51.5 Å². The average Bonchev–Trinajstić information content (AvgIpc) is 2.99. The Morgan fingerprint density at radius 2 is 1.84 bits per heavy atom. The van der Waals surface area contributed by atoms with Crippen LogP contribution in [0.4, 0.5) is 0 Å². The lowest BCUT2D eigenvalue weighted by Crippen LogP contribution is -2.62. The summed E-state index contributed by atoms with van der Waals surface area (Å²) in [5, 5.41) is 22.4. The van der Waals surface area contributed by atoms with Gasteiger partial charge in [0.2, 0.25) is 0 Å². The van der Waals surface area contributed by atoms with Crippen LogP contribution >= 0.6 is 0 Å². The smallest absolute Gasteiger partial charge is 0.0809 e. The third kappa shape index (κ3) is 4.14. The number of hydroxylamine groups is 1. The van der Waals surface area contributed by atoms with Gasteiger partial charge < -0.3 is 20.0 Å². The van der Waals surface area contributed by atoms with Crippen LogP contribution < -0.4 is 5.48 Å². The van der Waals surface area contributed by atoms with Gasteiger partial charge >= 0.3 is 0 Å². The molecule has 0 aromatic heterocycles. The second-order valence-electron chi connectivity index (χ2n) is 11.9. The summed E-state index contributed by atoms with van der Waals surface area (Å²) in [7, 11) is 4.09. The maximum Gasteiger partial charge on any atom is 0.0809 e. The normalized spacial score (nSPS) is 47.4. The molecule has 0 unspecified atom stereocenters. The Hall–Kier alpha value is -0.460. The first-order chi connectivity index (χ1) is 14.7. The van der Waals surface area contributed by atoms with Crippen LogP contribution in [0.5, 0.6) is 0 Å². The van der Waals surface area contributed by atoms with Gasteiger partial charge in [-0.15, -0.1) is 0 Å². The number of nitrogens with one attached hydrogen (secondary N) is 1. The molecule has 5 heteroatoms. The van der Waals surface area contributed by atoms with E-state index in [1.54, 1.807) is 0 Å². The highest BCUT2D eigenvalue weighted by Crippen LogP contribution is 2.69. The van der Waals surface area contributed by atoms with Crippen molar-refractivity contribution in [2.75, 3.05) is 33.8 Å². The van der Waals surface area contributed by atoms with Crippen molar-refractivity contribution in [1.29, 1.82) is 0 Å². The van der Waals surface area contributed by atoms with Crippen molar-refractivity contribution in [3.8, 4) is 0 Å². The molecular formula is C26H46N2O3. The molecule has 4 rings (SSSR count). The number of aliphatic hydroxyl groups excluding tert-OH is 1. The van der Waals surface area contributed by atoms with Crippen molar-refractivity contribution < 1.29 is 15.1 Å². The first kappa shape index (κ1) is 23.7. The van der Waals surface area contributed by atoms with Crippen LogP contribution in [0.3, 0.4) is 0 Å². The lowest BCUT2D eigenvalue weighted by molar-refractivity contribution is -0.207. The summed E-state index contributed by atoms with van der Waals surface area (Å²) < 4.78 is 0. The SMILES string of the molecule is CN(C)CCONCC=C[C@H]1CC[C@]2(O)[C@@H]3CC[C@@H]4C[C@@H](O)CC[C@]4(C)[C@H]3CC[C@]12C. The molecule has 0 spiro atoms. The molecule has 0 heterocycles. The summed E-state index contributed by atoms with van der Waals surface area (Å²) in [6.07, 6.45) is 14.2. The highest BCUT2D eigenvalue weighted by atomic mass is 16.6. The molecule has 8 atom stereocenters. The van der Waals surface area contributed by atoms with E-state index < -0.39 is 5.60 Å². The summed E-state index contributed by atoms with van der Waals surface area (Å²) in [6, 6.07) is 0. The summed E-state index contributed by atoms with van der Waals surface area (Å²) in [4.78, 5) is 7.60. The maximum absolute atomic E-state index is 12.2. The van der Waals surface area contributed by atoms with Crippen molar-refractivity contribution in [3.63, 3.8) is 0 Å². The maximum atomic E-state index is 12.2. The van der Waals surface area contributed by atoms with Gasteiger partial charge in [-0.05, 0) is 101 Å². The van der Waals surface area contributed by atoms with E-state index in [2.05, 4.69) is 36.4 Å². The molecule has 4 saturated carbocycles. The first-order valence-corrected chi connectivity index (χ1v) is 12.8. The third-order valence-electron chi connectivity index (χ3n) is 10.2. The minimum absolute atomic E-state index is 0.0200. The van der Waals surface area contributed by atoms with Crippen LogP contribution in [-0.4, -0.2) is 60.6 Å². The van der Waals surface area contributed by atoms with Gasteiger partial charge in [0.25, 0.3) is 0 Å². The van der Waals surface area contributed by atoms with Gasteiger partial charge in [0.15, 0.2) is 0 Å². The minimum Gasteiger partial charge on any atom is -0.393 e. The molecule has 4 aliphatic rings. The molecule has 0 saturated heterocycles. The van der Waals surface area contributed by atoms with Crippen LogP contribution in [-0.2, 0) is 4.84 Å². The Morgan fingerprint density at radius 1 is 1.03 bits per heavy atom. The predicted molar refractivity (Wildman–Crippen MR) is 124 cm³/mol. The second-order valence-corrected chi connectivity index (χ2v) is 11.9. The largest absolute Gasteiger partial charge is 0.393 e. The van der Waals surface area contributed by atoms with Gasteiger partial charge in [-0.3, -0.25) is 0 Å². The summed E-state index contributed by atoms with van der Waals surface area (Å²) in [6.45, 7) is 7.16. The Bertz CT molecular complexity index is 655. The van der Waals surface area contributed by atoms with E-state index in [4.69, 9.17) is 4.84 Å². The van der Waals surface area contributed by atoms with Crippen LogP contribution in [0.2, 0.25) is 0 Å². The lowest BCUT2D eigenvalue weighted by atomic mass is 9.43. The summed E-state index contributed by atoms with van der Waals surface area (Å²) >= 11 is 0. The van der Waals surface area contributed by atoms with Crippen molar-refractivity contribution in [2.24, 2.45) is 34.5 Å². The summed E-state index contributed by atoms with van der Waals surface area (Å²) in [5.41, 5.74) is 2.80. The quantitative estimate of drug-likeness (QED) is 0.323.